The van der Waals surface area contributed by atoms with Crippen molar-refractivity contribution in [3.63, 3.8) is 0 Å². The zero-order chi connectivity index (χ0) is 17.1. The largest absolute Gasteiger partial charge is 0.0758 e. The predicted molar refractivity (Wildman–Crippen MR) is 109 cm³/mol. The van der Waals surface area contributed by atoms with Gasteiger partial charge < -0.3 is 0 Å². The zero-order valence-corrected chi connectivity index (χ0v) is 14.9. The molecule has 24 heavy (non-hydrogen) atoms. The quantitative estimate of drug-likeness (QED) is 0.462. The molecule has 0 nitrogen and oxygen atoms in total. The number of hydrogen-bond donors (Lipinski definition) is 0. The first-order chi connectivity index (χ1) is 11.5. The molecule has 0 aliphatic carbocycles. The summed E-state index contributed by atoms with van der Waals surface area (Å²) in [5.41, 5.74) is 5.20. The summed E-state index contributed by atoms with van der Waals surface area (Å²) in [6.07, 6.45) is 4.54. The van der Waals surface area contributed by atoms with Gasteiger partial charge in [0.25, 0.3) is 0 Å². The van der Waals surface area contributed by atoms with Gasteiger partial charge in [-0.25, -0.2) is 0 Å². The summed E-state index contributed by atoms with van der Waals surface area (Å²) in [6.45, 7) is 8.59. The fourth-order valence-corrected chi connectivity index (χ4v) is 3.05. The smallest absolute Gasteiger partial charge is 0.0112 e. The van der Waals surface area contributed by atoms with Gasteiger partial charge in [0, 0.05) is 0 Å². The van der Waals surface area contributed by atoms with Crippen LogP contribution < -0.4 is 0 Å². The lowest BCUT2D eigenvalue weighted by atomic mass is 9.99. The Hall–Kier alpha value is -2.60. The van der Waals surface area contributed by atoms with Gasteiger partial charge >= 0.3 is 0 Å². The van der Waals surface area contributed by atoms with E-state index in [4.69, 9.17) is 0 Å². The molecule has 0 unspecified atom stereocenters. The normalized spacial score (nSPS) is 10.5. The molecule has 3 aromatic carbocycles. The first-order valence-electron chi connectivity index (χ1n) is 8.46. The molecule has 0 atom stereocenters. The number of hydrogen-bond acceptors (Lipinski definition) is 0. The van der Waals surface area contributed by atoms with E-state index in [9.17, 15) is 0 Å². The predicted octanol–water partition coefficient (Wildman–Crippen LogP) is 7.40. The topological polar surface area (TPSA) is 0 Å². The van der Waals surface area contributed by atoms with Crippen molar-refractivity contribution in [2.24, 2.45) is 0 Å². The molecule has 120 valence electrons. The molecular weight excluding hydrogens is 288 g/mol. The summed E-state index contributed by atoms with van der Waals surface area (Å²) in [5, 5.41) is 5.03. The van der Waals surface area contributed by atoms with E-state index in [1.165, 1.54) is 43.8 Å². The SMILES string of the molecule is CC(C)=Cc1c2cccc1ccc1cccc(cc2)c1C=C(C)C. The maximum absolute atomic E-state index is 2.27. The highest BCUT2D eigenvalue weighted by Crippen LogP contribution is 2.24. The average Bonchev–Trinajstić information content (AvgIpc) is 2.52. The summed E-state index contributed by atoms with van der Waals surface area (Å²) < 4.78 is 0. The Morgan fingerprint density at radius 1 is 0.500 bits per heavy atom. The molecule has 0 heteroatoms. The van der Waals surface area contributed by atoms with Gasteiger partial charge in [0.1, 0.15) is 0 Å². The van der Waals surface area contributed by atoms with Crippen molar-refractivity contribution in [3.8, 4) is 0 Å². The van der Waals surface area contributed by atoms with Gasteiger partial charge in [-0.05, 0) is 60.4 Å². The van der Waals surface area contributed by atoms with Crippen LogP contribution in [0.3, 0.4) is 0 Å². The van der Waals surface area contributed by atoms with Crippen LogP contribution in [0, 0.1) is 0 Å². The van der Waals surface area contributed by atoms with E-state index in [0.717, 1.165) is 0 Å². The van der Waals surface area contributed by atoms with Crippen molar-refractivity contribution in [1.29, 1.82) is 0 Å². The molecule has 3 rings (SSSR count). The molecule has 0 fully saturated rings. The Morgan fingerprint density at radius 3 is 1.04 bits per heavy atom. The molecule has 0 heterocycles. The van der Waals surface area contributed by atoms with Crippen LogP contribution in [-0.4, -0.2) is 0 Å². The van der Waals surface area contributed by atoms with Crippen molar-refractivity contribution in [2.45, 2.75) is 27.7 Å². The van der Waals surface area contributed by atoms with Crippen molar-refractivity contribution >= 4 is 33.7 Å². The minimum atomic E-state index is 1.26. The Morgan fingerprint density at radius 2 is 0.792 bits per heavy atom. The minimum absolute atomic E-state index is 1.26. The molecule has 0 saturated carbocycles. The van der Waals surface area contributed by atoms with Crippen LogP contribution in [0.1, 0.15) is 38.8 Å². The minimum Gasteiger partial charge on any atom is -0.0758 e. The Labute approximate surface area is 144 Å². The van der Waals surface area contributed by atoms with E-state index in [1.54, 1.807) is 0 Å². The molecular formula is C24H24. The molecule has 0 aromatic heterocycles. The van der Waals surface area contributed by atoms with E-state index in [-0.39, 0.29) is 0 Å². The fourth-order valence-electron chi connectivity index (χ4n) is 3.05. The molecule has 0 saturated heterocycles. The van der Waals surface area contributed by atoms with Crippen molar-refractivity contribution < 1.29 is 0 Å². The summed E-state index contributed by atoms with van der Waals surface area (Å²) in [4.78, 5) is 0. The van der Waals surface area contributed by atoms with E-state index < -0.39 is 0 Å². The lowest BCUT2D eigenvalue weighted by molar-refractivity contribution is 1.42. The van der Waals surface area contributed by atoms with Crippen molar-refractivity contribution in [2.75, 3.05) is 0 Å². The second-order valence-corrected chi connectivity index (χ2v) is 6.81. The van der Waals surface area contributed by atoms with Gasteiger partial charge in [-0.1, -0.05) is 84.0 Å². The van der Waals surface area contributed by atoms with Crippen LogP contribution >= 0.6 is 0 Å². The van der Waals surface area contributed by atoms with Crippen LogP contribution in [0.2, 0.25) is 0 Å². The first-order valence-corrected chi connectivity index (χ1v) is 8.46. The second-order valence-electron chi connectivity index (χ2n) is 6.81. The van der Waals surface area contributed by atoms with E-state index in [2.05, 4.69) is 101 Å². The Balaban J connectivity index is 2.47. The van der Waals surface area contributed by atoms with Gasteiger partial charge in [0.05, 0.1) is 0 Å². The van der Waals surface area contributed by atoms with Crippen LogP contribution in [0.25, 0.3) is 33.7 Å². The third kappa shape index (κ3) is 3.49. The molecule has 3 aromatic rings. The lowest BCUT2D eigenvalue weighted by Crippen LogP contribution is -1.81. The fraction of sp³-hybridized carbons (Fsp3) is 0.167. The highest BCUT2D eigenvalue weighted by atomic mass is 14.0. The zero-order valence-electron chi connectivity index (χ0n) is 14.9. The molecule has 0 aliphatic rings. The number of rotatable bonds is 2. The maximum atomic E-state index is 2.27. The summed E-state index contributed by atoms with van der Waals surface area (Å²) in [6, 6.07) is 22.0. The van der Waals surface area contributed by atoms with Gasteiger partial charge in [-0.15, -0.1) is 0 Å². The van der Waals surface area contributed by atoms with Crippen LogP contribution in [0.5, 0.6) is 0 Å². The third-order valence-corrected chi connectivity index (χ3v) is 4.10. The monoisotopic (exact) mass is 312 g/mol. The van der Waals surface area contributed by atoms with Gasteiger partial charge in [0.15, 0.2) is 0 Å². The first kappa shape index (κ1) is 16.3. The standard InChI is InChI=1S/C24H24/c1-17(2)15-23-19-7-5-8-20(23)12-14-22-10-6-9-21(13-11-19)24(22)16-18(3)4/h5-16H,1-4H3. The Bertz CT molecular complexity index is 837. The Kier molecular flexibility index (Phi) is 4.66. The second kappa shape index (κ2) is 6.88. The summed E-state index contributed by atoms with van der Waals surface area (Å²) >= 11 is 0. The maximum Gasteiger partial charge on any atom is -0.0112 e. The van der Waals surface area contributed by atoms with Crippen LogP contribution in [0.15, 0.2) is 71.8 Å². The van der Waals surface area contributed by atoms with Gasteiger partial charge in [0.2, 0.25) is 0 Å². The van der Waals surface area contributed by atoms with E-state index >= 15 is 0 Å². The van der Waals surface area contributed by atoms with E-state index in [0.29, 0.717) is 0 Å². The van der Waals surface area contributed by atoms with Crippen LogP contribution in [-0.2, 0) is 0 Å². The number of allylic oxidation sites excluding steroid dienone is 2. The molecule has 0 amide bonds. The number of benzene rings is 2. The molecule has 4 bridgehead atoms. The van der Waals surface area contributed by atoms with Gasteiger partial charge in [-0.3, -0.25) is 0 Å². The molecule has 0 spiro atoms. The molecule has 0 radical (unpaired) electrons. The molecule has 0 N–H and O–H groups in total. The van der Waals surface area contributed by atoms with Crippen molar-refractivity contribution in [1.82, 2.24) is 0 Å². The highest BCUT2D eigenvalue weighted by molar-refractivity contribution is 5.90. The average molecular weight is 312 g/mol. The van der Waals surface area contributed by atoms with Gasteiger partial charge in [-0.2, -0.15) is 0 Å². The lowest BCUT2D eigenvalue weighted by Gasteiger charge is -2.05. The van der Waals surface area contributed by atoms with E-state index in [1.807, 2.05) is 0 Å². The summed E-state index contributed by atoms with van der Waals surface area (Å²) in [5.74, 6) is 0. The number of fused-ring (bicyclic) bond motifs is 4. The summed E-state index contributed by atoms with van der Waals surface area (Å²) in [7, 11) is 0. The van der Waals surface area contributed by atoms with Crippen LogP contribution in [0.4, 0.5) is 0 Å². The highest BCUT2D eigenvalue weighted by Gasteiger charge is 2.00. The third-order valence-electron chi connectivity index (χ3n) is 4.10. The van der Waals surface area contributed by atoms with Crippen molar-refractivity contribution in [3.05, 3.63) is 82.9 Å². The molecule has 0 aliphatic heterocycles.